The molecule has 2 unspecified atom stereocenters. The molecule has 1 saturated carbocycles. The molecule has 0 aliphatic heterocycles. The van der Waals surface area contributed by atoms with Crippen molar-refractivity contribution < 1.29 is 19.4 Å². The monoisotopic (exact) mass is 277 g/mol. The van der Waals surface area contributed by atoms with Crippen molar-refractivity contribution in [3.8, 4) is 5.75 Å². The van der Waals surface area contributed by atoms with Gasteiger partial charge in [0.25, 0.3) is 0 Å². The minimum atomic E-state index is -0.881. The molecule has 1 aliphatic carbocycles. The van der Waals surface area contributed by atoms with E-state index in [1.807, 2.05) is 31.2 Å². The number of rotatable bonds is 7. The van der Waals surface area contributed by atoms with E-state index in [9.17, 15) is 9.59 Å². The lowest BCUT2D eigenvalue weighted by molar-refractivity contribution is -0.140. The number of hydrogen-bond donors (Lipinski definition) is 2. The summed E-state index contributed by atoms with van der Waals surface area (Å²) >= 11 is 0. The van der Waals surface area contributed by atoms with Crippen LogP contribution in [0.1, 0.15) is 18.4 Å². The molecule has 20 heavy (non-hydrogen) atoms. The topological polar surface area (TPSA) is 75.6 Å². The van der Waals surface area contributed by atoms with Crippen molar-refractivity contribution in [2.24, 2.45) is 11.8 Å². The van der Waals surface area contributed by atoms with Crippen molar-refractivity contribution in [2.45, 2.75) is 19.8 Å². The quantitative estimate of drug-likeness (QED) is 0.742. The highest BCUT2D eigenvalue weighted by atomic mass is 16.5. The lowest BCUT2D eigenvalue weighted by atomic mass is 10.2. The smallest absolute Gasteiger partial charge is 0.307 e. The molecular formula is C15H19NO4. The number of nitrogens with one attached hydrogen (secondary N) is 1. The Kier molecular flexibility index (Phi) is 4.61. The number of carboxylic acids is 1. The Morgan fingerprint density at radius 3 is 2.75 bits per heavy atom. The number of benzene rings is 1. The number of para-hydroxylation sites is 1. The van der Waals surface area contributed by atoms with Gasteiger partial charge in [-0.2, -0.15) is 0 Å². The number of carbonyl (C=O) groups is 2. The van der Waals surface area contributed by atoms with Gasteiger partial charge in [-0.3, -0.25) is 9.59 Å². The molecule has 108 valence electrons. The Morgan fingerprint density at radius 1 is 1.35 bits per heavy atom. The minimum Gasteiger partial charge on any atom is -0.493 e. The second-order valence-electron chi connectivity index (χ2n) is 5.05. The van der Waals surface area contributed by atoms with Crippen LogP contribution in [-0.4, -0.2) is 30.1 Å². The van der Waals surface area contributed by atoms with Crippen LogP contribution in [0.15, 0.2) is 24.3 Å². The van der Waals surface area contributed by atoms with Gasteiger partial charge in [0.2, 0.25) is 5.91 Å². The summed E-state index contributed by atoms with van der Waals surface area (Å²) in [5.41, 5.74) is 1.08. The highest BCUT2D eigenvalue weighted by molar-refractivity contribution is 5.89. The van der Waals surface area contributed by atoms with Crippen molar-refractivity contribution in [3.63, 3.8) is 0 Å². The Bertz CT molecular complexity index is 500. The lowest BCUT2D eigenvalue weighted by Gasteiger charge is -2.09. The Hall–Kier alpha value is -2.04. The third-order valence-corrected chi connectivity index (χ3v) is 3.42. The number of carbonyl (C=O) groups excluding carboxylic acids is 1. The van der Waals surface area contributed by atoms with Crippen LogP contribution in [0.4, 0.5) is 0 Å². The van der Waals surface area contributed by atoms with E-state index >= 15 is 0 Å². The van der Waals surface area contributed by atoms with Gasteiger partial charge >= 0.3 is 5.97 Å². The molecule has 0 spiro atoms. The van der Waals surface area contributed by atoms with Crippen LogP contribution in [-0.2, 0) is 9.59 Å². The number of amides is 1. The first-order valence-corrected chi connectivity index (χ1v) is 6.78. The molecule has 0 radical (unpaired) electrons. The van der Waals surface area contributed by atoms with E-state index in [1.165, 1.54) is 0 Å². The summed E-state index contributed by atoms with van der Waals surface area (Å²) in [6.45, 7) is 3.02. The first-order chi connectivity index (χ1) is 9.59. The van der Waals surface area contributed by atoms with Crippen molar-refractivity contribution in [2.75, 3.05) is 13.2 Å². The number of carboxylic acid groups (broad SMARTS) is 1. The average Bonchev–Trinajstić information content (AvgIpc) is 3.20. The highest BCUT2D eigenvalue weighted by Crippen LogP contribution is 2.38. The van der Waals surface area contributed by atoms with Gasteiger partial charge in [-0.15, -0.1) is 0 Å². The minimum absolute atomic E-state index is 0.159. The van der Waals surface area contributed by atoms with Crippen LogP contribution in [0.25, 0.3) is 0 Å². The zero-order valence-electron chi connectivity index (χ0n) is 11.5. The second-order valence-corrected chi connectivity index (χ2v) is 5.05. The SMILES string of the molecule is Cc1ccccc1OCCCNC(=O)C1CC1C(=O)O. The molecule has 5 nitrogen and oxygen atoms in total. The van der Waals surface area contributed by atoms with Gasteiger partial charge in [0.1, 0.15) is 5.75 Å². The first kappa shape index (κ1) is 14.4. The van der Waals surface area contributed by atoms with Crippen molar-refractivity contribution in [1.82, 2.24) is 5.32 Å². The van der Waals surface area contributed by atoms with Crippen molar-refractivity contribution in [3.05, 3.63) is 29.8 Å². The molecule has 1 fully saturated rings. The fourth-order valence-corrected chi connectivity index (χ4v) is 2.07. The number of hydrogen-bond acceptors (Lipinski definition) is 3. The van der Waals surface area contributed by atoms with Crippen LogP contribution in [0, 0.1) is 18.8 Å². The van der Waals surface area contributed by atoms with E-state index in [-0.39, 0.29) is 11.8 Å². The van der Waals surface area contributed by atoms with E-state index in [0.29, 0.717) is 26.0 Å². The Balaban J connectivity index is 1.60. The zero-order chi connectivity index (χ0) is 14.5. The molecule has 5 heteroatoms. The van der Waals surface area contributed by atoms with Gasteiger partial charge in [0.05, 0.1) is 18.4 Å². The van der Waals surface area contributed by atoms with Crippen LogP contribution in [0.2, 0.25) is 0 Å². The predicted molar refractivity (Wildman–Crippen MR) is 73.5 cm³/mol. The molecule has 2 N–H and O–H groups in total. The maximum absolute atomic E-state index is 11.6. The van der Waals surface area contributed by atoms with E-state index in [1.54, 1.807) is 0 Å². The largest absolute Gasteiger partial charge is 0.493 e. The average molecular weight is 277 g/mol. The molecule has 1 aliphatic rings. The summed E-state index contributed by atoms with van der Waals surface area (Å²) in [5, 5.41) is 11.5. The maximum Gasteiger partial charge on any atom is 0.307 e. The van der Waals surface area contributed by atoms with Crippen molar-refractivity contribution in [1.29, 1.82) is 0 Å². The fraction of sp³-hybridized carbons (Fsp3) is 0.467. The van der Waals surface area contributed by atoms with Gasteiger partial charge in [0.15, 0.2) is 0 Å². The summed E-state index contributed by atoms with van der Waals surface area (Å²) in [4.78, 5) is 22.2. The number of aliphatic carboxylic acids is 1. The number of aryl methyl sites for hydroxylation is 1. The van der Waals surface area contributed by atoms with Crippen molar-refractivity contribution >= 4 is 11.9 Å². The van der Waals surface area contributed by atoms with Gasteiger partial charge in [0, 0.05) is 6.54 Å². The molecule has 1 aromatic carbocycles. The lowest BCUT2D eigenvalue weighted by Crippen LogP contribution is -2.28. The molecule has 0 heterocycles. The van der Waals surface area contributed by atoms with E-state index in [0.717, 1.165) is 11.3 Å². The van der Waals surface area contributed by atoms with E-state index < -0.39 is 11.9 Å². The molecule has 0 saturated heterocycles. The molecule has 2 atom stereocenters. The maximum atomic E-state index is 11.6. The molecule has 0 bridgehead atoms. The van der Waals surface area contributed by atoms with Crippen LogP contribution in [0.5, 0.6) is 5.75 Å². The fourth-order valence-electron chi connectivity index (χ4n) is 2.07. The van der Waals surface area contributed by atoms with Crippen LogP contribution < -0.4 is 10.1 Å². The normalized spacial score (nSPS) is 20.2. The zero-order valence-corrected chi connectivity index (χ0v) is 11.5. The summed E-state index contributed by atoms with van der Waals surface area (Å²) in [5.74, 6) is -1.02. The van der Waals surface area contributed by atoms with Crippen LogP contribution >= 0.6 is 0 Å². The number of ether oxygens (including phenoxy) is 1. The predicted octanol–water partition coefficient (Wildman–Crippen LogP) is 1.60. The molecule has 2 rings (SSSR count). The highest BCUT2D eigenvalue weighted by Gasteiger charge is 2.48. The third kappa shape index (κ3) is 3.73. The Morgan fingerprint density at radius 2 is 2.10 bits per heavy atom. The summed E-state index contributed by atoms with van der Waals surface area (Å²) < 4.78 is 5.61. The van der Waals surface area contributed by atoms with Crippen LogP contribution in [0.3, 0.4) is 0 Å². The summed E-state index contributed by atoms with van der Waals surface area (Å²) in [7, 11) is 0. The van der Waals surface area contributed by atoms with E-state index in [2.05, 4.69) is 5.32 Å². The molecule has 1 amide bonds. The summed E-state index contributed by atoms with van der Waals surface area (Å²) in [6, 6.07) is 7.77. The Labute approximate surface area is 117 Å². The summed E-state index contributed by atoms with van der Waals surface area (Å²) in [6.07, 6.45) is 1.16. The molecule has 0 aromatic heterocycles. The second kappa shape index (κ2) is 6.41. The van der Waals surface area contributed by atoms with Gasteiger partial charge in [-0.05, 0) is 31.4 Å². The molecular weight excluding hydrogens is 258 g/mol. The van der Waals surface area contributed by atoms with E-state index in [4.69, 9.17) is 9.84 Å². The standard InChI is InChI=1S/C15H19NO4/c1-10-5-2-3-6-13(10)20-8-4-7-16-14(17)11-9-12(11)15(18)19/h2-3,5-6,11-12H,4,7-9H2,1H3,(H,16,17)(H,18,19). The van der Waals surface area contributed by atoms with Gasteiger partial charge < -0.3 is 15.2 Å². The molecule has 1 aromatic rings. The first-order valence-electron chi connectivity index (χ1n) is 6.78. The third-order valence-electron chi connectivity index (χ3n) is 3.42. The van der Waals surface area contributed by atoms with Gasteiger partial charge in [-0.1, -0.05) is 18.2 Å². The van der Waals surface area contributed by atoms with Gasteiger partial charge in [-0.25, -0.2) is 0 Å².